The fourth-order valence-electron chi connectivity index (χ4n) is 4.13. The van der Waals surface area contributed by atoms with Crippen molar-refractivity contribution in [3.63, 3.8) is 0 Å². The van der Waals surface area contributed by atoms with Gasteiger partial charge < -0.3 is 10.3 Å². The zero-order valence-corrected chi connectivity index (χ0v) is 17.5. The number of benzene rings is 3. The zero-order valence-electron chi connectivity index (χ0n) is 17.5. The predicted octanol–water partition coefficient (Wildman–Crippen LogP) is 4.60. The molecule has 7 heteroatoms. The largest absolute Gasteiger partial charge is 0.351 e. The van der Waals surface area contributed by atoms with Gasteiger partial charge in [-0.2, -0.15) is 0 Å². The number of nitrogens with zero attached hydrogens (tertiary/aromatic N) is 1. The summed E-state index contributed by atoms with van der Waals surface area (Å²) in [4.78, 5) is 42.5. The molecule has 3 amide bonds. The molecule has 0 spiro atoms. The average Bonchev–Trinajstić information content (AvgIpc) is 3.36. The summed E-state index contributed by atoms with van der Waals surface area (Å²) in [5.41, 5.74) is 3.02. The zero-order chi connectivity index (χ0) is 22.9. The Morgan fingerprint density at radius 2 is 1.82 bits per heavy atom. The highest BCUT2D eigenvalue weighted by atomic mass is 19.1. The van der Waals surface area contributed by atoms with E-state index in [1.54, 1.807) is 24.3 Å². The van der Waals surface area contributed by atoms with Gasteiger partial charge in [0.05, 0.1) is 12.5 Å². The summed E-state index contributed by atoms with van der Waals surface area (Å²) < 4.78 is 13.4. The predicted molar refractivity (Wildman–Crippen MR) is 122 cm³/mol. The van der Waals surface area contributed by atoms with E-state index in [4.69, 9.17) is 0 Å². The summed E-state index contributed by atoms with van der Waals surface area (Å²) in [6, 6.07) is 22.2. The van der Waals surface area contributed by atoms with Crippen LogP contribution in [-0.4, -0.2) is 27.6 Å². The topological polar surface area (TPSA) is 82.3 Å². The third kappa shape index (κ3) is 4.13. The number of fused-ring (bicyclic) bond motifs is 1. The monoisotopic (exact) mass is 441 g/mol. The number of H-pyrrole nitrogens is 1. The molecule has 1 atom stereocenters. The first-order chi connectivity index (χ1) is 16.0. The van der Waals surface area contributed by atoms with Crippen LogP contribution in [0.3, 0.4) is 0 Å². The summed E-state index contributed by atoms with van der Waals surface area (Å²) in [6.07, 6.45) is 0.120. The van der Waals surface area contributed by atoms with Gasteiger partial charge in [0.2, 0.25) is 11.8 Å². The van der Waals surface area contributed by atoms with Gasteiger partial charge in [-0.25, -0.2) is 4.39 Å². The number of anilines is 1. The quantitative estimate of drug-likeness (QED) is 0.444. The molecule has 0 bridgehead atoms. The molecule has 3 aromatic carbocycles. The number of hydrogen-bond acceptors (Lipinski definition) is 3. The number of likely N-dealkylation sites (tertiary alicyclic amines) is 1. The van der Waals surface area contributed by atoms with E-state index in [1.807, 2.05) is 36.4 Å². The molecule has 1 unspecified atom stereocenters. The summed E-state index contributed by atoms with van der Waals surface area (Å²) >= 11 is 0. The van der Waals surface area contributed by atoms with Crippen molar-refractivity contribution in [3.8, 4) is 0 Å². The van der Waals surface area contributed by atoms with Gasteiger partial charge in [-0.05, 0) is 47.5 Å². The molecule has 4 aromatic rings. The lowest BCUT2D eigenvalue weighted by atomic mass is 9.96. The highest BCUT2D eigenvalue weighted by molar-refractivity contribution is 6.07. The molecule has 1 aliphatic heterocycles. The molecule has 1 aliphatic rings. The van der Waals surface area contributed by atoms with Crippen LogP contribution in [0.4, 0.5) is 10.1 Å². The lowest BCUT2D eigenvalue weighted by molar-refractivity contribution is -0.139. The number of nitrogens with one attached hydrogen (secondary N) is 2. The van der Waals surface area contributed by atoms with E-state index >= 15 is 0 Å². The smallest absolute Gasteiger partial charge is 0.272 e. The fraction of sp³-hybridized carbons (Fsp3) is 0.115. The van der Waals surface area contributed by atoms with E-state index in [0.29, 0.717) is 11.4 Å². The number of amides is 3. The molecule has 0 radical (unpaired) electrons. The Labute approximate surface area is 189 Å². The maximum Gasteiger partial charge on any atom is 0.272 e. The van der Waals surface area contributed by atoms with Crippen molar-refractivity contribution in [2.24, 2.45) is 0 Å². The summed E-state index contributed by atoms with van der Waals surface area (Å²) in [5, 5.41) is 3.40. The van der Waals surface area contributed by atoms with Crippen LogP contribution < -0.4 is 5.32 Å². The van der Waals surface area contributed by atoms with Crippen LogP contribution in [0.5, 0.6) is 0 Å². The first kappa shape index (κ1) is 20.6. The van der Waals surface area contributed by atoms with Gasteiger partial charge in [0, 0.05) is 23.0 Å². The normalized spacial score (nSPS) is 15.9. The molecular formula is C26H20FN3O3. The first-order valence-electron chi connectivity index (χ1n) is 10.6. The minimum atomic E-state index is -0.551. The average molecular weight is 441 g/mol. The van der Waals surface area contributed by atoms with Crippen molar-refractivity contribution < 1.29 is 18.8 Å². The van der Waals surface area contributed by atoms with Crippen LogP contribution in [0, 0.1) is 5.82 Å². The Balaban J connectivity index is 1.36. The van der Waals surface area contributed by atoms with E-state index in [-0.39, 0.29) is 24.8 Å². The van der Waals surface area contributed by atoms with Gasteiger partial charge in [-0.1, -0.05) is 42.5 Å². The van der Waals surface area contributed by atoms with Gasteiger partial charge in [0.25, 0.3) is 5.91 Å². The second-order valence-corrected chi connectivity index (χ2v) is 8.05. The molecule has 0 aliphatic carbocycles. The molecule has 6 nitrogen and oxygen atoms in total. The number of hydrogen-bond donors (Lipinski definition) is 2. The minimum absolute atomic E-state index is 0.120. The molecule has 164 valence electrons. The lowest BCUT2D eigenvalue weighted by Gasteiger charge is -2.15. The molecule has 2 heterocycles. The third-order valence-corrected chi connectivity index (χ3v) is 5.80. The van der Waals surface area contributed by atoms with Crippen LogP contribution in [0.1, 0.15) is 34.0 Å². The fourth-order valence-corrected chi connectivity index (χ4v) is 4.13. The van der Waals surface area contributed by atoms with Gasteiger partial charge in [-0.3, -0.25) is 19.3 Å². The highest BCUT2D eigenvalue weighted by Gasteiger charge is 2.39. The van der Waals surface area contributed by atoms with Gasteiger partial charge >= 0.3 is 0 Å². The van der Waals surface area contributed by atoms with E-state index < -0.39 is 17.6 Å². The molecule has 1 aromatic heterocycles. The van der Waals surface area contributed by atoms with Crippen LogP contribution in [-0.2, 0) is 16.1 Å². The van der Waals surface area contributed by atoms with Crippen molar-refractivity contribution in [1.82, 2.24) is 9.88 Å². The number of imide groups is 1. The summed E-state index contributed by atoms with van der Waals surface area (Å²) in [7, 11) is 0. The van der Waals surface area contributed by atoms with Crippen molar-refractivity contribution >= 4 is 34.3 Å². The second kappa shape index (κ2) is 8.35. The van der Waals surface area contributed by atoms with Gasteiger partial charge in [0.15, 0.2) is 0 Å². The molecule has 33 heavy (non-hydrogen) atoms. The molecule has 5 rings (SSSR count). The number of rotatable bonds is 5. The van der Waals surface area contributed by atoms with Crippen LogP contribution >= 0.6 is 0 Å². The SMILES string of the molecule is O=C(Nc1cccc(F)c1)c1cc2cc(C3CC(=O)N(Cc4ccccc4)C3=O)ccc2[nH]1. The van der Waals surface area contributed by atoms with Gasteiger partial charge in [-0.15, -0.1) is 0 Å². The van der Waals surface area contributed by atoms with Crippen LogP contribution in [0.2, 0.25) is 0 Å². The Morgan fingerprint density at radius 1 is 1.00 bits per heavy atom. The Morgan fingerprint density at radius 3 is 2.61 bits per heavy atom. The van der Waals surface area contributed by atoms with E-state index in [2.05, 4.69) is 10.3 Å². The number of aromatic amines is 1. The van der Waals surface area contributed by atoms with E-state index in [1.165, 1.54) is 23.1 Å². The number of carbonyl (C=O) groups is 3. The van der Waals surface area contributed by atoms with Crippen LogP contribution in [0.25, 0.3) is 10.9 Å². The second-order valence-electron chi connectivity index (χ2n) is 8.05. The van der Waals surface area contributed by atoms with Crippen LogP contribution in [0.15, 0.2) is 78.9 Å². The van der Waals surface area contributed by atoms with E-state index in [0.717, 1.165) is 22.0 Å². The molecule has 0 saturated carbocycles. The van der Waals surface area contributed by atoms with Crippen molar-refractivity contribution in [2.45, 2.75) is 18.9 Å². The Kier molecular flexibility index (Phi) is 5.22. The number of halogens is 1. The van der Waals surface area contributed by atoms with Crippen molar-refractivity contribution in [1.29, 1.82) is 0 Å². The van der Waals surface area contributed by atoms with Crippen molar-refractivity contribution in [2.75, 3.05) is 5.32 Å². The third-order valence-electron chi connectivity index (χ3n) is 5.80. The van der Waals surface area contributed by atoms with E-state index in [9.17, 15) is 18.8 Å². The Hall–Kier alpha value is -4.26. The first-order valence-corrected chi connectivity index (χ1v) is 10.6. The minimum Gasteiger partial charge on any atom is -0.351 e. The molecular weight excluding hydrogens is 421 g/mol. The summed E-state index contributed by atoms with van der Waals surface area (Å²) in [6.45, 7) is 0.256. The van der Waals surface area contributed by atoms with Gasteiger partial charge in [0.1, 0.15) is 11.5 Å². The number of aromatic nitrogens is 1. The maximum absolute atomic E-state index is 13.4. The lowest BCUT2D eigenvalue weighted by Crippen LogP contribution is -2.29. The Bertz CT molecular complexity index is 1380. The molecule has 1 fully saturated rings. The standard InChI is InChI=1S/C26H20FN3O3/c27-19-7-4-8-20(13-19)28-25(32)23-12-18-11-17(9-10-22(18)29-23)21-14-24(31)30(26(21)33)15-16-5-2-1-3-6-16/h1-13,21,29H,14-15H2,(H,28,32). The highest BCUT2D eigenvalue weighted by Crippen LogP contribution is 2.32. The maximum atomic E-state index is 13.4. The summed E-state index contributed by atoms with van der Waals surface area (Å²) in [5.74, 6) is -1.81. The van der Waals surface area contributed by atoms with Crippen molar-refractivity contribution in [3.05, 3.63) is 102 Å². The molecule has 2 N–H and O–H groups in total. The number of carbonyl (C=O) groups excluding carboxylic acids is 3. The molecule has 1 saturated heterocycles.